The summed E-state index contributed by atoms with van der Waals surface area (Å²) in [5, 5.41) is 25.0. The molecule has 3 saturated heterocycles. The number of rotatable bonds is 27. The Labute approximate surface area is 788 Å². The molecular formula is C94H132FN19O20S. The summed E-state index contributed by atoms with van der Waals surface area (Å²) in [5.41, 5.74) is 19.9. The highest BCUT2D eigenvalue weighted by molar-refractivity contribution is 8.00. The lowest BCUT2D eigenvalue weighted by atomic mass is 9.88. The largest absolute Gasteiger partial charge is 0.497 e. The molecule has 17 amide bonds. The number of H-pyrrole nitrogens is 2. The molecule has 3 aromatic carbocycles. The second-order valence-electron chi connectivity index (χ2n) is 35.5. The molecule has 17 N–H and O–H groups in total. The van der Waals surface area contributed by atoms with Crippen molar-refractivity contribution in [3.8, 4) is 5.75 Å². The molecule has 5 heterocycles. The van der Waals surface area contributed by atoms with Gasteiger partial charge in [-0.1, -0.05) is 109 Å². The number of nitrogens with zero attached hydrogens (tertiary/aromatic N) is 5. The first-order valence-corrected chi connectivity index (χ1v) is 47.2. The number of Topliss-reactive ketones (excluding diaryl/α,β-unsaturated/α-hetero) is 2. The van der Waals surface area contributed by atoms with Crippen LogP contribution in [0.15, 0.2) is 85.2 Å². The lowest BCUT2D eigenvalue weighted by Crippen LogP contribution is -2.60. The smallest absolute Gasteiger partial charge is 0.246 e. The van der Waals surface area contributed by atoms with Gasteiger partial charge in [0.15, 0.2) is 11.6 Å². The Morgan fingerprint density at radius 3 is 1.70 bits per heavy atom. The van der Waals surface area contributed by atoms with Crippen molar-refractivity contribution in [2.75, 3.05) is 65.9 Å². The lowest BCUT2D eigenvalue weighted by Gasteiger charge is -2.36. The predicted octanol–water partition coefficient (Wildman–Crippen LogP) is 1.51. The number of ketones is 2. The molecule has 39 nitrogen and oxygen atoms in total. The zero-order chi connectivity index (χ0) is 99.2. The third-order valence-corrected chi connectivity index (χ3v) is 25.9. The van der Waals surface area contributed by atoms with E-state index >= 15 is 42.7 Å². The van der Waals surface area contributed by atoms with Gasteiger partial charge in [0.05, 0.1) is 50.9 Å². The highest BCUT2D eigenvalue weighted by Crippen LogP contribution is 2.32. The number of carbonyl (C=O) groups excluding carboxylic acids is 19. The van der Waals surface area contributed by atoms with Crippen LogP contribution in [-0.4, -0.2) is 291 Å². The van der Waals surface area contributed by atoms with Crippen LogP contribution in [0.1, 0.15) is 174 Å². The number of nitrogens with two attached hydrogens (primary N) is 3. The summed E-state index contributed by atoms with van der Waals surface area (Å²) in [4.78, 5) is 287. The molecule has 736 valence electrons. The maximum absolute atomic E-state index is 16.3. The van der Waals surface area contributed by atoms with Gasteiger partial charge in [0.25, 0.3) is 0 Å². The molecule has 41 heteroatoms. The number of nitrogens with one attached hydrogen (secondary N) is 11. The molecular weight excluding hydrogens is 1770 g/mol. The van der Waals surface area contributed by atoms with E-state index in [0.29, 0.717) is 69.9 Å². The van der Waals surface area contributed by atoms with Crippen molar-refractivity contribution >= 4 is 146 Å². The molecule has 0 aliphatic carbocycles. The van der Waals surface area contributed by atoms with E-state index in [-0.39, 0.29) is 89.6 Å². The molecule has 8 rings (SSSR count). The van der Waals surface area contributed by atoms with Crippen molar-refractivity contribution in [2.24, 2.45) is 35.0 Å². The van der Waals surface area contributed by atoms with Crippen molar-refractivity contribution in [3.63, 3.8) is 0 Å². The van der Waals surface area contributed by atoms with Crippen LogP contribution in [0.2, 0.25) is 0 Å². The minimum atomic E-state index is -1.86. The van der Waals surface area contributed by atoms with Crippen LogP contribution in [0.3, 0.4) is 0 Å². The minimum absolute atomic E-state index is 0.0117. The average Bonchev–Trinajstić information content (AvgIpc) is 1.76. The third-order valence-electron chi connectivity index (χ3n) is 24.8. The normalized spacial score (nSPS) is 24.8. The van der Waals surface area contributed by atoms with Crippen LogP contribution in [0.25, 0.3) is 21.8 Å². The molecule has 135 heavy (non-hydrogen) atoms. The standard InChI is InChI=1S/C94H132FN19O20S/c1-12-15-28-72-88(127)105-66(27-21-35-99-81(120)14-3)86(125)109-71(85(124)102-48-80(98)119)50-135-51-82(121)104-69(38-55-31-33-61(134-11)34-32-55)91(130)110(8)54(7)83(122)107-70(45-79(97)118)92(131)113-36-22-30-73(113)89(128)106-67(44-78(96)117)87(126)108-68(37-52(4)5)93(132)114-49-60(95)43-75(114)77(116)41-56(39-58-46-100-64-25-19-17-23-62(58)64)84(123)103-53(6)76(115)42-57(40-59-47-101-65-26-20-18-24-63(59)65)90(129)112(10)74(29-16-13-2)94(133)111(72)9/h17-20,23-26,31-34,46-47,52-54,56-57,60,66-75,100-101H,12-16,21-22,27-30,35-45,48-51H2,1-11H3,(H2,96,117)(H2,97,118)(H2,98,119)(H,99,120)(H,102,124)(H,103,123)(H,104,121)(H,105,127)(H,106,128)(H,107,122)(H,108,126)(H,109,125)/t53-,54-,56+,57+,60+,66-,67-,68-,69-,70-,71-,72-,73-,74-,75-/m0/s1. The zero-order valence-corrected chi connectivity index (χ0v) is 79.4. The van der Waals surface area contributed by atoms with Gasteiger partial charge < -0.3 is 104 Å². The number of primary amides is 3. The average molecular weight is 1900 g/mol. The van der Waals surface area contributed by atoms with Crippen LogP contribution in [0.4, 0.5) is 4.39 Å². The molecule has 0 unspecified atom stereocenters. The fourth-order valence-corrected chi connectivity index (χ4v) is 17.9. The maximum Gasteiger partial charge on any atom is 0.246 e. The highest BCUT2D eigenvalue weighted by Gasteiger charge is 2.47. The number of ether oxygens (including phenoxy) is 1. The fraction of sp³-hybridized carbons (Fsp3) is 0.564. The Morgan fingerprint density at radius 1 is 0.541 bits per heavy atom. The summed E-state index contributed by atoms with van der Waals surface area (Å²) in [7, 11) is 5.45. The van der Waals surface area contributed by atoms with Crippen molar-refractivity contribution in [1.82, 2.24) is 82.3 Å². The van der Waals surface area contributed by atoms with Crippen LogP contribution in [-0.2, 0) is 110 Å². The molecule has 15 atom stereocenters. The number of methoxy groups -OCH3 is 1. The monoisotopic (exact) mass is 1900 g/mol. The van der Waals surface area contributed by atoms with Gasteiger partial charge in [0.1, 0.15) is 72.3 Å². The van der Waals surface area contributed by atoms with E-state index in [0.717, 1.165) is 26.5 Å². The molecule has 0 bridgehead atoms. The van der Waals surface area contributed by atoms with Gasteiger partial charge in [-0.05, 0) is 119 Å². The number of aromatic amines is 2. The highest BCUT2D eigenvalue weighted by atomic mass is 32.2. The van der Waals surface area contributed by atoms with E-state index in [1.54, 1.807) is 93.8 Å². The second-order valence-corrected chi connectivity index (χ2v) is 36.5. The number of likely N-dealkylation sites (N-methyl/N-ethyl adjacent to an activating group) is 3. The number of carbonyl (C=O) groups is 19. The number of para-hydroxylation sites is 2. The maximum atomic E-state index is 16.3. The molecule has 3 aliphatic heterocycles. The number of unbranched alkanes of at least 4 members (excludes halogenated alkanes) is 2. The number of hydrogen-bond acceptors (Lipinski definition) is 21. The van der Waals surface area contributed by atoms with E-state index in [4.69, 9.17) is 21.9 Å². The second kappa shape index (κ2) is 51.6. The molecule has 3 aliphatic rings. The number of aromatic nitrogens is 2. The van der Waals surface area contributed by atoms with Crippen LogP contribution >= 0.6 is 11.8 Å². The Bertz CT molecular complexity index is 5090. The quantitative estimate of drug-likeness (QED) is 0.0331. The number of fused-ring (bicyclic) bond motifs is 4. The van der Waals surface area contributed by atoms with Gasteiger partial charge in [-0.25, -0.2) is 4.39 Å². The van der Waals surface area contributed by atoms with Crippen molar-refractivity contribution in [2.45, 2.75) is 256 Å². The molecule has 0 spiro atoms. The van der Waals surface area contributed by atoms with Gasteiger partial charge in [-0.2, -0.15) is 0 Å². The zero-order valence-electron chi connectivity index (χ0n) is 78.6. The first-order valence-electron chi connectivity index (χ1n) is 46.1. The van der Waals surface area contributed by atoms with Crippen molar-refractivity contribution in [1.29, 1.82) is 0 Å². The van der Waals surface area contributed by atoms with Crippen LogP contribution in [0.5, 0.6) is 5.75 Å². The van der Waals surface area contributed by atoms with E-state index in [1.807, 2.05) is 26.0 Å². The van der Waals surface area contributed by atoms with E-state index < -0.39 is 259 Å². The van der Waals surface area contributed by atoms with E-state index in [1.165, 1.54) is 51.9 Å². The Balaban J connectivity index is 1.20. The number of benzene rings is 3. The van der Waals surface area contributed by atoms with Gasteiger partial charge in [0.2, 0.25) is 100 Å². The first kappa shape index (κ1) is 107. The van der Waals surface area contributed by atoms with Gasteiger partial charge in [0, 0.05) is 118 Å². The SMILES string of the molecule is CCCC[C@H]1C(=O)N(C)[C@@H](CCCC)C(=O)N[C@@H](CCCNC(=O)CC)C(=O)N[C@H](C(=O)NCC(N)=O)CSCC(=O)N[C@@H](Cc2ccc(OC)cc2)C(=O)N(C)[C@@H](C)C(=O)N[C@@H](CC(N)=O)C(=O)N2CCC[C@H]2C(=O)N[C@@H](CC(N)=O)C(=O)N[C@@H](CC(C)C)C(=O)N2C[C@H](F)C[C@H]2C(=O)C[C@@H](Cc2c[nH]c3ccccc23)C(=O)N[C@@H](C)C(=O)C[C@@H](Cc2c[nH]c3ccccc23)C(=O)N1C. The Hall–Kier alpha value is -12.9. The summed E-state index contributed by atoms with van der Waals surface area (Å²) in [5.74, 6) is -20.3. The molecule has 0 saturated carbocycles. The molecule has 2 aromatic heterocycles. The van der Waals surface area contributed by atoms with Gasteiger partial charge in [-0.3, -0.25) is 91.1 Å². The Morgan fingerprint density at radius 2 is 1.10 bits per heavy atom. The number of amides is 17. The summed E-state index contributed by atoms with van der Waals surface area (Å²) in [6.45, 7) is 9.92. The van der Waals surface area contributed by atoms with Crippen LogP contribution < -0.4 is 69.8 Å². The fourth-order valence-electron chi connectivity index (χ4n) is 17.1. The Kier molecular flexibility index (Phi) is 41.1. The molecule has 3 fully saturated rings. The number of halogens is 1. The van der Waals surface area contributed by atoms with Gasteiger partial charge >= 0.3 is 0 Å². The lowest BCUT2D eigenvalue weighted by molar-refractivity contribution is -0.150. The molecule has 5 aromatic rings. The predicted molar refractivity (Wildman–Crippen MR) is 499 cm³/mol. The topological polar surface area (TPSA) is 568 Å². The first-order chi connectivity index (χ1) is 64.2. The van der Waals surface area contributed by atoms with Crippen LogP contribution in [0, 0.1) is 17.8 Å². The third kappa shape index (κ3) is 30.6. The molecule has 0 radical (unpaired) electrons. The summed E-state index contributed by atoms with van der Waals surface area (Å²) in [6, 6.07) is 2.33. The number of alkyl halides is 1. The minimum Gasteiger partial charge on any atom is -0.497 e. The van der Waals surface area contributed by atoms with E-state index in [9.17, 15) is 52.7 Å². The number of hydrogen-bond donors (Lipinski definition) is 14. The summed E-state index contributed by atoms with van der Waals surface area (Å²) >= 11 is 0.781. The van der Waals surface area contributed by atoms with E-state index in [2.05, 4.69) is 57.8 Å². The van der Waals surface area contributed by atoms with Crippen molar-refractivity contribution in [3.05, 3.63) is 102 Å². The van der Waals surface area contributed by atoms with Gasteiger partial charge in [-0.15, -0.1) is 11.8 Å². The summed E-state index contributed by atoms with van der Waals surface area (Å²) < 4.78 is 21.6. The van der Waals surface area contributed by atoms with Crippen molar-refractivity contribution < 1.29 is 100 Å². The number of thioether (sulfide) groups is 1. The summed E-state index contributed by atoms with van der Waals surface area (Å²) in [6.07, 6.45) is -0.702.